The van der Waals surface area contributed by atoms with Crippen molar-refractivity contribution in [2.45, 2.75) is 20.0 Å². The molecule has 0 saturated carbocycles. The lowest BCUT2D eigenvalue weighted by Gasteiger charge is -2.34. The van der Waals surface area contributed by atoms with E-state index in [4.69, 9.17) is 16.3 Å². The van der Waals surface area contributed by atoms with Gasteiger partial charge in [-0.1, -0.05) is 36.7 Å². The quantitative estimate of drug-likeness (QED) is 0.575. The molecule has 0 spiro atoms. The van der Waals surface area contributed by atoms with Gasteiger partial charge in [-0.25, -0.2) is 14.2 Å². The van der Waals surface area contributed by atoms with Crippen molar-refractivity contribution in [3.8, 4) is 11.3 Å². The summed E-state index contributed by atoms with van der Waals surface area (Å²) in [7, 11) is 0. The molecule has 7 nitrogen and oxygen atoms in total. The first-order valence-electron chi connectivity index (χ1n) is 11.1. The Hall–Kier alpha value is -3.23. The molecular formula is C25H25ClFN3O4. The molecule has 4 rings (SSSR count). The maximum Gasteiger partial charge on any atom is 0.409 e. The molecule has 0 aliphatic carbocycles. The average Bonchev–Trinajstić information content (AvgIpc) is 2.86. The van der Waals surface area contributed by atoms with Crippen LogP contribution in [0.5, 0.6) is 0 Å². The second-order valence-corrected chi connectivity index (χ2v) is 8.49. The molecule has 178 valence electrons. The topological polar surface area (TPSA) is 83.0 Å². The standard InChI is InChI=1S/C25H25ClFN3O4/c1-2-11-34-25(33)30-9-7-29(8-10-30)24(32)17-5-6-19-20(26)14-22(28-23(19)13-17)16-3-4-18(15-31)21(27)12-16/h3-6,12-14,31H,2,7-11,15H2,1H3. The number of aliphatic hydroxyl groups excluding tert-OH is 1. The van der Waals surface area contributed by atoms with Crippen molar-refractivity contribution in [2.75, 3.05) is 32.8 Å². The summed E-state index contributed by atoms with van der Waals surface area (Å²) in [5.41, 5.74) is 2.15. The summed E-state index contributed by atoms with van der Waals surface area (Å²) in [6.07, 6.45) is 0.406. The van der Waals surface area contributed by atoms with Gasteiger partial charge in [-0.3, -0.25) is 4.79 Å². The Balaban J connectivity index is 1.54. The van der Waals surface area contributed by atoms with E-state index < -0.39 is 12.4 Å². The van der Waals surface area contributed by atoms with Gasteiger partial charge in [0.1, 0.15) is 5.82 Å². The molecule has 2 aromatic carbocycles. The predicted molar refractivity (Wildman–Crippen MR) is 127 cm³/mol. The molecule has 1 aliphatic rings. The second kappa shape index (κ2) is 10.4. The second-order valence-electron chi connectivity index (χ2n) is 8.08. The first-order valence-corrected chi connectivity index (χ1v) is 11.5. The summed E-state index contributed by atoms with van der Waals surface area (Å²) in [6, 6.07) is 11.2. The summed E-state index contributed by atoms with van der Waals surface area (Å²) < 4.78 is 19.3. The van der Waals surface area contributed by atoms with E-state index in [1.807, 2.05) is 6.92 Å². The lowest BCUT2D eigenvalue weighted by molar-refractivity contribution is 0.0560. The summed E-state index contributed by atoms with van der Waals surface area (Å²) in [6.45, 7) is 3.55. The van der Waals surface area contributed by atoms with E-state index in [1.165, 1.54) is 12.1 Å². The van der Waals surface area contributed by atoms with Crippen molar-refractivity contribution in [2.24, 2.45) is 0 Å². The fraction of sp³-hybridized carbons (Fsp3) is 0.320. The molecule has 0 atom stereocenters. The maximum absolute atomic E-state index is 14.2. The number of amides is 2. The lowest BCUT2D eigenvalue weighted by atomic mass is 10.1. The van der Waals surface area contributed by atoms with E-state index in [2.05, 4.69) is 4.98 Å². The van der Waals surface area contributed by atoms with Crippen LogP contribution in [0.3, 0.4) is 0 Å². The van der Waals surface area contributed by atoms with Crippen LogP contribution in [0.25, 0.3) is 22.2 Å². The van der Waals surface area contributed by atoms with Gasteiger partial charge < -0.3 is 19.6 Å². The maximum atomic E-state index is 14.2. The smallest absolute Gasteiger partial charge is 0.409 e. The third-order valence-corrected chi connectivity index (χ3v) is 6.09. The zero-order chi connectivity index (χ0) is 24.2. The number of rotatable bonds is 5. The molecule has 2 amide bonds. The van der Waals surface area contributed by atoms with E-state index in [0.717, 1.165) is 6.42 Å². The Labute approximate surface area is 201 Å². The van der Waals surface area contributed by atoms with Crippen LogP contribution in [0, 0.1) is 5.82 Å². The first kappa shape index (κ1) is 23.9. The van der Waals surface area contributed by atoms with Crippen LogP contribution in [0.15, 0.2) is 42.5 Å². The van der Waals surface area contributed by atoms with Crippen molar-refractivity contribution in [3.05, 3.63) is 64.4 Å². The van der Waals surface area contributed by atoms with Crippen molar-refractivity contribution < 1.29 is 23.8 Å². The molecular weight excluding hydrogens is 461 g/mol. The number of fused-ring (bicyclic) bond motifs is 1. The number of hydrogen-bond donors (Lipinski definition) is 1. The van der Waals surface area contributed by atoms with Gasteiger partial charge >= 0.3 is 6.09 Å². The Kier molecular flexibility index (Phi) is 7.29. The largest absolute Gasteiger partial charge is 0.449 e. The molecule has 1 aromatic heterocycles. The van der Waals surface area contributed by atoms with Gasteiger partial charge in [-0.15, -0.1) is 0 Å². The van der Waals surface area contributed by atoms with Crippen molar-refractivity contribution >= 4 is 34.5 Å². The number of benzene rings is 2. The van der Waals surface area contributed by atoms with Gasteiger partial charge in [0.2, 0.25) is 0 Å². The van der Waals surface area contributed by atoms with Gasteiger partial charge in [0, 0.05) is 48.3 Å². The normalized spacial score (nSPS) is 13.9. The Morgan fingerprint density at radius 1 is 1.09 bits per heavy atom. The van der Waals surface area contributed by atoms with Gasteiger partial charge in [0.25, 0.3) is 5.91 Å². The summed E-state index contributed by atoms with van der Waals surface area (Å²) in [5, 5.41) is 10.3. The minimum Gasteiger partial charge on any atom is -0.449 e. The molecule has 1 saturated heterocycles. The highest BCUT2D eigenvalue weighted by atomic mass is 35.5. The van der Waals surface area contributed by atoms with Gasteiger partial charge in [0.05, 0.1) is 29.4 Å². The minimum absolute atomic E-state index is 0.162. The number of hydrogen-bond acceptors (Lipinski definition) is 5. The van der Waals surface area contributed by atoms with Gasteiger partial charge in [0.15, 0.2) is 0 Å². The van der Waals surface area contributed by atoms with Gasteiger partial charge in [-0.05, 0) is 30.7 Å². The number of piperazine rings is 1. The molecule has 0 unspecified atom stereocenters. The molecule has 0 bridgehead atoms. The number of carbonyl (C=O) groups excluding carboxylic acids is 2. The summed E-state index contributed by atoms with van der Waals surface area (Å²) in [4.78, 5) is 33.0. The lowest BCUT2D eigenvalue weighted by Crippen LogP contribution is -2.50. The van der Waals surface area contributed by atoms with E-state index in [0.29, 0.717) is 65.5 Å². The highest BCUT2D eigenvalue weighted by Gasteiger charge is 2.26. The summed E-state index contributed by atoms with van der Waals surface area (Å²) >= 11 is 6.45. The molecule has 34 heavy (non-hydrogen) atoms. The third kappa shape index (κ3) is 4.98. The van der Waals surface area contributed by atoms with E-state index in [9.17, 15) is 19.1 Å². The fourth-order valence-corrected chi connectivity index (χ4v) is 4.12. The third-order valence-electron chi connectivity index (χ3n) is 5.78. The number of pyridine rings is 1. The van der Waals surface area contributed by atoms with Crippen LogP contribution in [0.1, 0.15) is 29.3 Å². The zero-order valence-corrected chi connectivity index (χ0v) is 19.5. The van der Waals surface area contributed by atoms with Crippen LogP contribution in [-0.2, 0) is 11.3 Å². The van der Waals surface area contributed by atoms with Crippen LogP contribution >= 0.6 is 11.6 Å². The number of ether oxygens (including phenoxy) is 1. The van der Waals surface area contributed by atoms with Gasteiger partial charge in [-0.2, -0.15) is 0 Å². The van der Waals surface area contributed by atoms with E-state index in [-0.39, 0.29) is 17.6 Å². The van der Waals surface area contributed by atoms with Crippen LogP contribution in [-0.4, -0.2) is 64.7 Å². The molecule has 9 heteroatoms. The molecule has 3 aromatic rings. The molecule has 1 N–H and O–H groups in total. The molecule has 2 heterocycles. The summed E-state index contributed by atoms with van der Waals surface area (Å²) in [5.74, 6) is -0.690. The fourth-order valence-electron chi connectivity index (χ4n) is 3.86. The monoisotopic (exact) mass is 485 g/mol. The number of nitrogens with zero attached hydrogens (tertiary/aromatic N) is 3. The zero-order valence-electron chi connectivity index (χ0n) is 18.8. The van der Waals surface area contributed by atoms with Crippen molar-refractivity contribution in [1.82, 2.24) is 14.8 Å². The van der Waals surface area contributed by atoms with Crippen LogP contribution in [0.4, 0.5) is 9.18 Å². The SMILES string of the molecule is CCCOC(=O)N1CCN(C(=O)c2ccc3c(Cl)cc(-c4ccc(CO)c(F)c4)nc3c2)CC1. The van der Waals surface area contributed by atoms with Crippen molar-refractivity contribution in [1.29, 1.82) is 0 Å². The first-order chi connectivity index (χ1) is 16.4. The Bertz CT molecular complexity index is 1230. The minimum atomic E-state index is -0.528. The van der Waals surface area contributed by atoms with E-state index in [1.54, 1.807) is 40.1 Å². The van der Waals surface area contributed by atoms with Crippen LogP contribution < -0.4 is 0 Å². The Morgan fingerprint density at radius 3 is 2.50 bits per heavy atom. The molecule has 1 aliphatic heterocycles. The average molecular weight is 486 g/mol. The predicted octanol–water partition coefficient (Wildman–Crippen LogP) is 4.49. The number of halogens is 2. The number of aliphatic hydroxyl groups is 1. The molecule has 0 radical (unpaired) electrons. The Morgan fingerprint density at radius 2 is 1.82 bits per heavy atom. The molecule has 1 fully saturated rings. The van der Waals surface area contributed by atoms with Crippen molar-refractivity contribution in [3.63, 3.8) is 0 Å². The highest BCUT2D eigenvalue weighted by Crippen LogP contribution is 2.30. The number of aromatic nitrogens is 1. The van der Waals surface area contributed by atoms with E-state index >= 15 is 0 Å². The number of carbonyl (C=O) groups is 2. The van der Waals surface area contributed by atoms with Crippen LogP contribution in [0.2, 0.25) is 5.02 Å². The highest BCUT2D eigenvalue weighted by molar-refractivity contribution is 6.35.